The molecule has 0 saturated heterocycles. The molecule has 0 aromatic carbocycles. The Balaban J connectivity index is 2.63. The molecule has 88 valence electrons. The average Bonchev–Trinajstić information content (AvgIpc) is 2.34. The van der Waals surface area contributed by atoms with Crippen LogP contribution in [0.1, 0.15) is 13.3 Å². The molecule has 6 nitrogen and oxygen atoms in total. The molecule has 0 aliphatic carbocycles. The zero-order chi connectivity index (χ0) is 11.8. The van der Waals surface area contributed by atoms with E-state index in [-0.39, 0.29) is 12.0 Å². The van der Waals surface area contributed by atoms with Crippen LogP contribution >= 0.6 is 0 Å². The zero-order valence-electron chi connectivity index (χ0n) is 9.73. The van der Waals surface area contributed by atoms with Crippen molar-refractivity contribution in [3.8, 4) is 12.0 Å². The number of hydrogen-bond acceptors (Lipinski definition) is 6. The average molecular weight is 224 g/mol. The smallest absolute Gasteiger partial charge is 0.324 e. The van der Waals surface area contributed by atoms with Crippen molar-refractivity contribution in [2.24, 2.45) is 0 Å². The van der Waals surface area contributed by atoms with Gasteiger partial charge in [-0.05, 0) is 13.3 Å². The highest BCUT2D eigenvalue weighted by molar-refractivity contribution is 5.27. The van der Waals surface area contributed by atoms with Gasteiger partial charge in [0.25, 0.3) is 0 Å². The molecule has 1 rings (SSSR count). The summed E-state index contributed by atoms with van der Waals surface area (Å²) in [5.41, 5.74) is 0. The second-order valence-electron chi connectivity index (χ2n) is 2.92. The van der Waals surface area contributed by atoms with E-state index in [9.17, 15) is 0 Å². The summed E-state index contributed by atoms with van der Waals surface area (Å²) in [5, 5.41) is 3.06. The van der Waals surface area contributed by atoms with Gasteiger partial charge in [-0.15, -0.1) is 4.98 Å². The Hall–Kier alpha value is -1.85. The van der Waals surface area contributed by atoms with Crippen molar-refractivity contribution in [1.82, 2.24) is 15.0 Å². The van der Waals surface area contributed by atoms with Gasteiger partial charge in [0.2, 0.25) is 5.95 Å². The second kappa shape index (κ2) is 6.60. The molecule has 0 spiro atoms. The quantitative estimate of drug-likeness (QED) is 0.579. The van der Waals surface area contributed by atoms with Crippen LogP contribution in [-0.4, -0.2) is 35.7 Å². The fraction of sp³-hybridized carbons (Fsp3) is 0.500. The van der Waals surface area contributed by atoms with Gasteiger partial charge in [0, 0.05) is 6.54 Å². The van der Waals surface area contributed by atoms with Gasteiger partial charge in [-0.3, -0.25) is 0 Å². The lowest BCUT2D eigenvalue weighted by atomic mass is 10.4. The highest BCUT2D eigenvalue weighted by Crippen LogP contribution is 2.11. The Labute approximate surface area is 94.7 Å². The molecule has 0 atom stereocenters. The Kier molecular flexibility index (Phi) is 5.04. The molecule has 0 unspecified atom stereocenters. The lowest BCUT2D eigenvalue weighted by molar-refractivity contribution is 0.341. The Morgan fingerprint density at radius 3 is 2.25 bits per heavy atom. The summed E-state index contributed by atoms with van der Waals surface area (Å²) in [6.45, 7) is 2.73. The van der Waals surface area contributed by atoms with E-state index in [1.165, 1.54) is 14.2 Å². The molecule has 16 heavy (non-hydrogen) atoms. The topological polar surface area (TPSA) is 69.2 Å². The van der Waals surface area contributed by atoms with Crippen LogP contribution in [0, 0.1) is 0 Å². The number of rotatable bonds is 6. The third-order valence-corrected chi connectivity index (χ3v) is 1.79. The van der Waals surface area contributed by atoms with Crippen molar-refractivity contribution >= 4 is 5.95 Å². The molecular formula is C10H16N4O2. The van der Waals surface area contributed by atoms with Crippen LogP contribution in [0.15, 0.2) is 12.2 Å². The van der Waals surface area contributed by atoms with E-state index < -0.39 is 0 Å². The van der Waals surface area contributed by atoms with E-state index in [2.05, 4.69) is 26.3 Å². The van der Waals surface area contributed by atoms with Gasteiger partial charge < -0.3 is 14.8 Å². The summed E-state index contributed by atoms with van der Waals surface area (Å²) in [4.78, 5) is 12.0. The molecular weight excluding hydrogens is 208 g/mol. The normalized spacial score (nSPS) is 10.4. The summed E-state index contributed by atoms with van der Waals surface area (Å²) < 4.78 is 9.86. The monoisotopic (exact) mass is 224 g/mol. The van der Waals surface area contributed by atoms with Crippen molar-refractivity contribution in [3.63, 3.8) is 0 Å². The number of anilines is 1. The third kappa shape index (κ3) is 3.72. The van der Waals surface area contributed by atoms with E-state index in [1.54, 1.807) is 0 Å². The van der Waals surface area contributed by atoms with Crippen LogP contribution in [-0.2, 0) is 0 Å². The van der Waals surface area contributed by atoms with Crippen molar-refractivity contribution in [2.45, 2.75) is 13.3 Å². The van der Waals surface area contributed by atoms with Crippen molar-refractivity contribution in [1.29, 1.82) is 0 Å². The number of ether oxygens (including phenoxy) is 2. The number of allylic oxidation sites excluding steroid dienone is 1. The molecule has 0 aliphatic rings. The van der Waals surface area contributed by atoms with Gasteiger partial charge in [-0.1, -0.05) is 12.2 Å². The fourth-order valence-corrected chi connectivity index (χ4v) is 1.03. The minimum atomic E-state index is 0.236. The summed E-state index contributed by atoms with van der Waals surface area (Å²) in [6.07, 6.45) is 4.96. The molecule has 1 aromatic heterocycles. The van der Waals surface area contributed by atoms with Crippen LogP contribution in [0.2, 0.25) is 0 Å². The summed E-state index contributed by atoms with van der Waals surface area (Å²) in [5.74, 6) is 0.452. The van der Waals surface area contributed by atoms with Crippen LogP contribution in [0.25, 0.3) is 0 Å². The number of aromatic nitrogens is 3. The minimum absolute atomic E-state index is 0.236. The van der Waals surface area contributed by atoms with E-state index in [1.807, 2.05) is 13.0 Å². The molecule has 0 radical (unpaired) electrons. The van der Waals surface area contributed by atoms with E-state index in [4.69, 9.17) is 9.47 Å². The maximum absolute atomic E-state index is 4.93. The first-order valence-corrected chi connectivity index (χ1v) is 4.99. The van der Waals surface area contributed by atoms with Crippen molar-refractivity contribution in [3.05, 3.63) is 12.2 Å². The largest absolute Gasteiger partial charge is 0.467 e. The second-order valence-corrected chi connectivity index (χ2v) is 2.92. The molecule has 1 N–H and O–H groups in total. The molecule has 1 aromatic rings. The predicted molar refractivity (Wildman–Crippen MR) is 60.9 cm³/mol. The van der Waals surface area contributed by atoms with Gasteiger partial charge in [-0.25, -0.2) is 0 Å². The van der Waals surface area contributed by atoms with Crippen LogP contribution in [0.3, 0.4) is 0 Å². The first kappa shape index (κ1) is 12.2. The number of hydrogen-bond donors (Lipinski definition) is 1. The summed E-state index contributed by atoms with van der Waals surface area (Å²) in [7, 11) is 3.00. The Bertz CT molecular complexity index is 332. The van der Waals surface area contributed by atoms with Crippen molar-refractivity contribution in [2.75, 3.05) is 26.1 Å². The number of methoxy groups -OCH3 is 2. The highest BCUT2D eigenvalue weighted by Gasteiger charge is 2.05. The number of nitrogens with one attached hydrogen (secondary N) is 1. The molecule has 0 aliphatic heterocycles. The highest BCUT2D eigenvalue weighted by atomic mass is 16.5. The lowest BCUT2D eigenvalue weighted by Gasteiger charge is -2.05. The minimum Gasteiger partial charge on any atom is -0.467 e. The molecule has 0 bridgehead atoms. The zero-order valence-corrected chi connectivity index (χ0v) is 9.73. The van der Waals surface area contributed by atoms with E-state index >= 15 is 0 Å². The van der Waals surface area contributed by atoms with Crippen molar-refractivity contribution < 1.29 is 9.47 Å². The Morgan fingerprint density at radius 2 is 1.75 bits per heavy atom. The first-order valence-electron chi connectivity index (χ1n) is 4.99. The first-order chi connectivity index (χ1) is 7.80. The van der Waals surface area contributed by atoms with E-state index in [0.29, 0.717) is 5.95 Å². The number of nitrogens with zero attached hydrogens (tertiary/aromatic N) is 3. The Morgan fingerprint density at radius 1 is 1.12 bits per heavy atom. The summed E-state index contributed by atoms with van der Waals surface area (Å²) >= 11 is 0. The molecule has 6 heteroatoms. The SMILES string of the molecule is C/C=C/CCNc1nc(OC)nc(OC)n1. The molecule has 0 fully saturated rings. The standard InChI is InChI=1S/C10H16N4O2/c1-4-5-6-7-11-8-12-9(15-2)14-10(13-8)16-3/h4-5H,6-7H2,1-3H3,(H,11,12,13,14)/b5-4+. The molecule has 0 saturated carbocycles. The van der Waals surface area contributed by atoms with Gasteiger partial charge in [0.1, 0.15) is 0 Å². The van der Waals surface area contributed by atoms with Gasteiger partial charge in [0.05, 0.1) is 14.2 Å². The van der Waals surface area contributed by atoms with E-state index in [0.717, 1.165) is 13.0 Å². The van der Waals surface area contributed by atoms with Crippen LogP contribution in [0.5, 0.6) is 12.0 Å². The van der Waals surface area contributed by atoms with Gasteiger partial charge >= 0.3 is 12.0 Å². The fourth-order valence-electron chi connectivity index (χ4n) is 1.03. The van der Waals surface area contributed by atoms with Gasteiger partial charge in [-0.2, -0.15) is 9.97 Å². The predicted octanol–water partition coefficient (Wildman–Crippen LogP) is 1.27. The van der Waals surface area contributed by atoms with Crippen LogP contribution < -0.4 is 14.8 Å². The maximum atomic E-state index is 4.93. The van der Waals surface area contributed by atoms with Gasteiger partial charge in [0.15, 0.2) is 0 Å². The van der Waals surface area contributed by atoms with Crippen LogP contribution in [0.4, 0.5) is 5.95 Å². The maximum Gasteiger partial charge on any atom is 0.324 e. The third-order valence-electron chi connectivity index (χ3n) is 1.79. The molecule has 1 heterocycles. The lowest BCUT2D eigenvalue weighted by Crippen LogP contribution is -2.07. The molecule has 0 amide bonds. The summed E-state index contributed by atoms with van der Waals surface area (Å²) in [6, 6.07) is 0.473.